The Morgan fingerprint density at radius 3 is 2.00 bits per heavy atom. The van der Waals surface area contributed by atoms with Gasteiger partial charge in [-0.15, -0.1) is 11.3 Å². The van der Waals surface area contributed by atoms with Crippen LogP contribution in [0.4, 0.5) is 0 Å². The molecule has 0 aliphatic carbocycles. The van der Waals surface area contributed by atoms with Crippen molar-refractivity contribution in [2.24, 2.45) is 0 Å². The first kappa shape index (κ1) is 13.6. The predicted octanol–water partition coefficient (Wildman–Crippen LogP) is 3.26. The number of thiophene rings is 1. The second-order valence-corrected chi connectivity index (χ2v) is 9.62. The summed E-state index contributed by atoms with van der Waals surface area (Å²) in [5.41, 5.74) is 0.649. The summed E-state index contributed by atoms with van der Waals surface area (Å²) in [4.78, 5) is 0. The molecule has 0 radical (unpaired) electrons. The Hall–Kier alpha value is 1.14. The molecule has 1 aliphatic rings. The Bertz CT molecular complexity index is 401. The fourth-order valence-electron chi connectivity index (χ4n) is 1.48. The average molecular weight is 462 g/mol. The molecule has 0 unspecified atom stereocenters. The monoisotopic (exact) mass is 462 g/mol. The van der Waals surface area contributed by atoms with Crippen LogP contribution < -0.4 is 5.46 Å². The lowest BCUT2D eigenvalue weighted by molar-refractivity contribution is 0.00578. The topological polar surface area (TPSA) is 18.5 Å². The van der Waals surface area contributed by atoms with E-state index in [0.717, 1.165) is 5.46 Å². The molecule has 1 saturated heterocycles. The van der Waals surface area contributed by atoms with E-state index < -0.39 is 0 Å². The molecule has 2 heterocycles. The van der Waals surface area contributed by atoms with Gasteiger partial charge in [0.05, 0.1) is 17.0 Å². The summed E-state index contributed by atoms with van der Waals surface area (Å²) in [5, 5.41) is 0. The van der Waals surface area contributed by atoms with Crippen molar-refractivity contribution in [3.63, 3.8) is 0 Å². The smallest absolute Gasteiger partial charge is 0.399 e. The molecular weight excluding hydrogens is 449 g/mol. The van der Waals surface area contributed by atoms with Gasteiger partial charge < -0.3 is 9.31 Å². The second-order valence-electron chi connectivity index (χ2n) is 4.87. The molecule has 2 nitrogen and oxygen atoms in total. The van der Waals surface area contributed by atoms with Crippen LogP contribution in [0.5, 0.6) is 0 Å². The van der Waals surface area contributed by atoms with Crippen LogP contribution in [0.1, 0.15) is 27.7 Å². The third kappa shape index (κ3) is 2.32. The third-order valence-electron chi connectivity index (χ3n) is 3.19. The Kier molecular flexibility index (Phi) is 3.70. The Morgan fingerprint density at radius 1 is 1.12 bits per heavy atom. The highest BCUT2D eigenvalue weighted by atomic mass is 127. The molecule has 1 aromatic rings. The van der Waals surface area contributed by atoms with Gasteiger partial charge in [0.15, 0.2) is 0 Å². The van der Waals surface area contributed by atoms with Gasteiger partial charge in [0, 0.05) is 5.46 Å². The zero-order valence-corrected chi connectivity index (χ0v) is 14.8. The maximum atomic E-state index is 6.02. The SMILES string of the molecule is CC1(C)OB(c2cc(I)sc2I)OC1(C)C. The van der Waals surface area contributed by atoms with Gasteiger partial charge in [0.2, 0.25) is 0 Å². The van der Waals surface area contributed by atoms with Crippen LogP contribution in [-0.2, 0) is 9.31 Å². The molecule has 0 atom stereocenters. The minimum atomic E-state index is -0.256. The number of hydrogen-bond donors (Lipinski definition) is 0. The molecule has 2 rings (SSSR count). The normalized spacial score (nSPS) is 22.8. The first-order chi connectivity index (χ1) is 7.23. The molecular formula is C10H13BI2O2S. The molecule has 1 aromatic heterocycles. The van der Waals surface area contributed by atoms with E-state index in [1.54, 1.807) is 11.3 Å². The number of halogens is 2. The minimum absolute atomic E-state index is 0.225. The van der Waals surface area contributed by atoms with Gasteiger partial charge in [0.1, 0.15) is 0 Å². The predicted molar refractivity (Wildman–Crippen MR) is 85.5 cm³/mol. The van der Waals surface area contributed by atoms with Crippen molar-refractivity contribution in [2.75, 3.05) is 0 Å². The van der Waals surface area contributed by atoms with Gasteiger partial charge >= 0.3 is 7.12 Å². The van der Waals surface area contributed by atoms with Crippen LogP contribution in [0.15, 0.2) is 6.07 Å². The van der Waals surface area contributed by atoms with Crippen molar-refractivity contribution < 1.29 is 9.31 Å². The maximum Gasteiger partial charge on any atom is 0.496 e. The summed E-state index contributed by atoms with van der Waals surface area (Å²) in [6, 6.07) is 2.15. The molecule has 0 N–H and O–H groups in total. The highest BCUT2D eigenvalue weighted by Crippen LogP contribution is 2.37. The van der Waals surface area contributed by atoms with Gasteiger partial charge in [-0.3, -0.25) is 0 Å². The molecule has 0 aromatic carbocycles. The van der Waals surface area contributed by atoms with E-state index >= 15 is 0 Å². The van der Waals surface area contributed by atoms with Crippen molar-refractivity contribution >= 4 is 69.1 Å². The highest BCUT2D eigenvalue weighted by molar-refractivity contribution is 14.1. The Balaban J connectivity index is 2.30. The fourth-order valence-corrected chi connectivity index (χ4v) is 5.50. The molecule has 0 bridgehead atoms. The van der Waals surface area contributed by atoms with Gasteiger partial charge in [0.25, 0.3) is 0 Å². The summed E-state index contributed by atoms with van der Waals surface area (Å²) in [5.74, 6) is 0. The molecule has 1 fully saturated rings. The van der Waals surface area contributed by atoms with Crippen LogP contribution >= 0.6 is 56.5 Å². The van der Waals surface area contributed by atoms with E-state index in [9.17, 15) is 0 Å². The standard InChI is InChI=1S/C10H13BI2O2S/c1-9(2)10(3,4)15-11(14-9)6-5-7(12)16-8(6)13/h5H,1-4H3. The lowest BCUT2D eigenvalue weighted by atomic mass is 9.81. The van der Waals surface area contributed by atoms with Crippen molar-refractivity contribution in [3.8, 4) is 0 Å². The molecule has 0 amide bonds. The first-order valence-electron chi connectivity index (χ1n) is 5.03. The van der Waals surface area contributed by atoms with E-state index in [0.29, 0.717) is 0 Å². The van der Waals surface area contributed by atoms with E-state index in [-0.39, 0.29) is 18.3 Å². The van der Waals surface area contributed by atoms with Crippen molar-refractivity contribution in [1.82, 2.24) is 0 Å². The summed E-state index contributed by atoms with van der Waals surface area (Å²) in [7, 11) is -0.225. The van der Waals surface area contributed by atoms with Crippen LogP contribution in [0, 0.1) is 5.77 Å². The molecule has 6 heteroatoms. The first-order valence-corrected chi connectivity index (χ1v) is 8.01. The Morgan fingerprint density at radius 2 is 1.62 bits per heavy atom. The molecule has 16 heavy (non-hydrogen) atoms. The summed E-state index contributed by atoms with van der Waals surface area (Å²) >= 11 is 6.45. The number of rotatable bonds is 1. The average Bonchev–Trinajstić information content (AvgIpc) is 2.51. The van der Waals surface area contributed by atoms with Crippen LogP contribution in [-0.4, -0.2) is 18.3 Å². The van der Waals surface area contributed by atoms with Gasteiger partial charge in [-0.2, -0.15) is 0 Å². The van der Waals surface area contributed by atoms with Crippen LogP contribution in [0.3, 0.4) is 0 Å². The van der Waals surface area contributed by atoms with Gasteiger partial charge in [-0.1, -0.05) is 0 Å². The lowest BCUT2D eigenvalue weighted by Crippen LogP contribution is -2.41. The largest absolute Gasteiger partial charge is 0.496 e. The van der Waals surface area contributed by atoms with E-state index in [1.165, 1.54) is 5.77 Å². The highest BCUT2D eigenvalue weighted by Gasteiger charge is 2.52. The maximum absolute atomic E-state index is 6.02. The van der Waals surface area contributed by atoms with Crippen molar-refractivity contribution in [1.29, 1.82) is 0 Å². The van der Waals surface area contributed by atoms with E-state index in [4.69, 9.17) is 9.31 Å². The molecule has 0 saturated carbocycles. The Labute approximate surface area is 128 Å². The summed E-state index contributed by atoms with van der Waals surface area (Å²) in [6.07, 6.45) is 0. The van der Waals surface area contributed by atoms with Crippen LogP contribution in [0.2, 0.25) is 0 Å². The quantitative estimate of drug-likeness (QED) is 0.472. The van der Waals surface area contributed by atoms with Gasteiger partial charge in [-0.05, 0) is 78.9 Å². The summed E-state index contributed by atoms with van der Waals surface area (Å²) in [6.45, 7) is 8.32. The molecule has 0 spiro atoms. The molecule has 88 valence electrons. The summed E-state index contributed by atoms with van der Waals surface area (Å²) < 4.78 is 14.6. The third-order valence-corrected chi connectivity index (χ3v) is 6.17. The van der Waals surface area contributed by atoms with E-state index in [1.807, 2.05) is 0 Å². The minimum Gasteiger partial charge on any atom is -0.399 e. The van der Waals surface area contributed by atoms with Crippen molar-refractivity contribution in [2.45, 2.75) is 38.9 Å². The second kappa shape index (κ2) is 4.36. The lowest BCUT2D eigenvalue weighted by Gasteiger charge is -2.32. The van der Waals surface area contributed by atoms with Crippen LogP contribution in [0.25, 0.3) is 0 Å². The van der Waals surface area contributed by atoms with E-state index in [2.05, 4.69) is 78.9 Å². The van der Waals surface area contributed by atoms with Gasteiger partial charge in [-0.25, -0.2) is 0 Å². The zero-order valence-electron chi connectivity index (χ0n) is 9.64. The number of hydrogen-bond acceptors (Lipinski definition) is 3. The fraction of sp³-hybridized carbons (Fsp3) is 0.600. The zero-order chi connectivity index (χ0) is 12.1. The van der Waals surface area contributed by atoms with Crippen molar-refractivity contribution in [3.05, 3.63) is 11.8 Å². The molecule has 1 aliphatic heterocycles.